The zero-order valence-electron chi connectivity index (χ0n) is 28.7. The molecule has 0 spiro atoms. The number of hydrogen-bond donors (Lipinski definition) is 0. The van der Waals surface area contributed by atoms with Crippen LogP contribution in [0.3, 0.4) is 0 Å². The molecular formula is C41H44N4OS. The van der Waals surface area contributed by atoms with Crippen molar-refractivity contribution in [2.45, 2.75) is 49.7 Å². The number of imidazole rings is 2. The topological polar surface area (TPSA) is 44.9 Å². The Morgan fingerprint density at radius 3 is 1.13 bits per heavy atom. The van der Waals surface area contributed by atoms with Gasteiger partial charge in [-0.2, -0.15) is 0 Å². The fraction of sp³-hybridized carbons (Fsp3) is 0.268. The lowest BCUT2D eigenvalue weighted by molar-refractivity contribution is -0.0220. The van der Waals surface area contributed by atoms with E-state index in [-0.39, 0.29) is 4.75 Å². The molecule has 0 aliphatic rings. The first kappa shape index (κ1) is 32.5. The summed E-state index contributed by atoms with van der Waals surface area (Å²) < 4.78 is 10.8. The third kappa shape index (κ3) is 5.85. The quantitative estimate of drug-likeness (QED) is 0.158. The highest BCUT2D eigenvalue weighted by Crippen LogP contribution is 2.54. The molecule has 0 amide bonds. The van der Waals surface area contributed by atoms with Crippen molar-refractivity contribution in [1.29, 1.82) is 0 Å². The van der Waals surface area contributed by atoms with Crippen molar-refractivity contribution >= 4 is 11.8 Å². The first-order valence-electron chi connectivity index (χ1n) is 16.1. The van der Waals surface area contributed by atoms with E-state index in [4.69, 9.17) is 14.7 Å². The summed E-state index contributed by atoms with van der Waals surface area (Å²) in [7, 11) is 6.03. The van der Waals surface area contributed by atoms with Crippen LogP contribution in [0.4, 0.5) is 0 Å². The van der Waals surface area contributed by atoms with Gasteiger partial charge in [0.2, 0.25) is 0 Å². The monoisotopic (exact) mass is 640 g/mol. The normalized spacial score (nSPS) is 12.4. The highest BCUT2D eigenvalue weighted by atomic mass is 32.2. The number of hydrogen-bond acceptors (Lipinski definition) is 4. The van der Waals surface area contributed by atoms with Gasteiger partial charge in [0.25, 0.3) is 0 Å². The van der Waals surface area contributed by atoms with Crippen LogP contribution in [0, 0.1) is 0 Å². The molecule has 0 aliphatic carbocycles. The molecular weight excluding hydrogens is 597 g/mol. The highest BCUT2D eigenvalue weighted by Gasteiger charge is 2.57. The minimum Gasteiger partial charge on any atom is -0.361 e. The van der Waals surface area contributed by atoms with Crippen LogP contribution in [-0.4, -0.2) is 35.7 Å². The number of ether oxygens (including phenoxy) is 1. The summed E-state index contributed by atoms with van der Waals surface area (Å²) in [6, 6.07) is 41.9. The van der Waals surface area contributed by atoms with E-state index in [0.29, 0.717) is 0 Å². The first-order chi connectivity index (χ1) is 22.5. The molecule has 0 bridgehead atoms. The summed E-state index contributed by atoms with van der Waals surface area (Å²) in [4.78, 5) is 11.1. The molecule has 0 fully saturated rings. The van der Waals surface area contributed by atoms with Crippen molar-refractivity contribution in [3.63, 3.8) is 0 Å². The molecule has 0 atom stereocenters. The second-order valence-electron chi connectivity index (χ2n) is 13.5. The van der Waals surface area contributed by atoms with Gasteiger partial charge in [0, 0.05) is 48.2 Å². The second kappa shape index (κ2) is 12.7. The SMILES string of the molecule is COC(c1nc(-c2ccccc2)c(-c2ccccc2)n1C)(c1nc(-c2ccccc2)c(-c2ccccc2)n1C)C(C)(C)SC(C)(C)C. The van der Waals surface area contributed by atoms with Gasteiger partial charge in [-0.3, -0.25) is 0 Å². The summed E-state index contributed by atoms with van der Waals surface area (Å²) in [6.45, 7) is 11.3. The Balaban J connectivity index is 1.74. The number of aromatic nitrogens is 4. The number of thioether (sulfide) groups is 1. The second-order valence-corrected chi connectivity index (χ2v) is 15.9. The molecule has 2 aromatic heterocycles. The molecule has 6 rings (SSSR count). The van der Waals surface area contributed by atoms with Crippen LogP contribution in [-0.2, 0) is 24.4 Å². The predicted octanol–water partition coefficient (Wildman–Crippen LogP) is 10.0. The Morgan fingerprint density at radius 1 is 0.511 bits per heavy atom. The van der Waals surface area contributed by atoms with Gasteiger partial charge in [-0.15, -0.1) is 11.8 Å². The molecule has 0 aliphatic heterocycles. The summed E-state index contributed by atoms with van der Waals surface area (Å²) >= 11 is 1.88. The summed E-state index contributed by atoms with van der Waals surface area (Å²) in [6.07, 6.45) is 0. The first-order valence-corrected chi connectivity index (χ1v) is 16.9. The maximum absolute atomic E-state index is 6.98. The zero-order valence-corrected chi connectivity index (χ0v) is 29.5. The fourth-order valence-electron chi connectivity index (χ4n) is 6.98. The Bertz CT molecular complexity index is 1830. The summed E-state index contributed by atoms with van der Waals surface area (Å²) in [5, 5.41) is 0. The van der Waals surface area contributed by atoms with Crippen LogP contribution >= 0.6 is 11.8 Å². The average Bonchev–Trinajstić information content (AvgIpc) is 3.59. The van der Waals surface area contributed by atoms with Crippen molar-refractivity contribution in [2.24, 2.45) is 14.1 Å². The minimum absolute atomic E-state index is 0.0847. The Morgan fingerprint density at radius 2 is 0.830 bits per heavy atom. The number of nitrogens with zero attached hydrogens (tertiary/aromatic N) is 4. The summed E-state index contributed by atoms with van der Waals surface area (Å²) in [5.41, 5.74) is 7.09. The van der Waals surface area contributed by atoms with Gasteiger partial charge in [0.1, 0.15) is 0 Å². The fourth-order valence-corrected chi connectivity index (χ4v) is 8.92. The van der Waals surface area contributed by atoms with E-state index in [2.05, 4.69) is 167 Å². The molecule has 6 heteroatoms. The van der Waals surface area contributed by atoms with Crippen molar-refractivity contribution in [3.05, 3.63) is 133 Å². The molecule has 240 valence electrons. The molecule has 0 radical (unpaired) electrons. The smallest absolute Gasteiger partial charge is 0.197 e. The van der Waals surface area contributed by atoms with Crippen molar-refractivity contribution < 1.29 is 4.74 Å². The molecule has 0 N–H and O–H groups in total. The van der Waals surface area contributed by atoms with E-state index < -0.39 is 10.3 Å². The largest absolute Gasteiger partial charge is 0.361 e. The van der Waals surface area contributed by atoms with Crippen molar-refractivity contribution in [2.75, 3.05) is 7.11 Å². The molecule has 2 heterocycles. The van der Waals surface area contributed by atoms with E-state index in [1.807, 2.05) is 31.0 Å². The van der Waals surface area contributed by atoms with Crippen LogP contribution < -0.4 is 0 Å². The van der Waals surface area contributed by atoms with E-state index in [0.717, 1.165) is 56.7 Å². The third-order valence-corrected chi connectivity index (χ3v) is 10.1. The maximum atomic E-state index is 6.98. The molecule has 6 aromatic rings. The van der Waals surface area contributed by atoms with E-state index in [1.165, 1.54) is 0 Å². The van der Waals surface area contributed by atoms with E-state index >= 15 is 0 Å². The Hall–Kier alpha value is -4.39. The number of rotatable bonds is 9. The summed E-state index contributed by atoms with van der Waals surface area (Å²) in [5.74, 6) is 1.60. The van der Waals surface area contributed by atoms with Crippen LogP contribution in [0.1, 0.15) is 46.3 Å². The Labute approximate surface area is 283 Å². The van der Waals surface area contributed by atoms with Gasteiger partial charge < -0.3 is 13.9 Å². The average molecular weight is 641 g/mol. The van der Waals surface area contributed by atoms with Gasteiger partial charge in [-0.05, 0) is 13.8 Å². The number of methoxy groups -OCH3 is 1. The molecule has 0 saturated heterocycles. The van der Waals surface area contributed by atoms with Crippen LogP contribution in [0.25, 0.3) is 45.0 Å². The predicted molar refractivity (Wildman–Crippen MR) is 197 cm³/mol. The maximum Gasteiger partial charge on any atom is 0.197 e. The lowest BCUT2D eigenvalue weighted by Gasteiger charge is -2.46. The van der Waals surface area contributed by atoms with Crippen molar-refractivity contribution in [3.8, 4) is 45.0 Å². The van der Waals surface area contributed by atoms with Gasteiger partial charge in [-0.1, -0.05) is 142 Å². The van der Waals surface area contributed by atoms with E-state index in [1.54, 1.807) is 0 Å². The van der Waals surface area contributed by atoms with Crippen LogP contribution in [0.5, 0.6) is 0 Å². The zero-order chi connectivity index (χ0) is 33.4. The van der Waals surface area contributed by atoms with Crippen LogP contribution in [0.15, 0.2) is 121 Å². The van der Waals surface area contributed by atoms with Gasteiger partial charge in [-0.25, -0.2) is 9.97 Å². The van der Waals surface area contributed by atoms with Crippen molar-refractivity contribution in [1.82, 2.24) is 19.1 Å². The van der Waals surface area contributed by atoms with Gasteiger partial charge in [0.05, 0.1) is 27.5 Å². The third-order valence-electron chi connectivity index (χ3n) is 8.72. The number of benzene rings is 4. The molecule has 5 nitrogen and oxygen atoms in total. The minimum atomic E-state index is -1.08. The Kier molecular flexibility index (Phi) is 8.77. The molecule has 0 unspecified atom stereocenters. The molecule has 0 saturated carbocycles. The van der Waals surface area contributed by atoms with Gasteiger partial charge in [0.15, 0.2) is 17.2 Å². The van der Waals surface area contributed by atoms with Gasteiger partial charge >= 0.3 is 0 Å². The van der Waals surface area contributed by atoms with Crippen LogP contribution in [0.2, 0.25) is 0 Å². The van der Waals surface area contributed by atoms with E-state index in [9.17, 15) is 0 Å². The lowest BCUT2D eigenvalue weighted by Crippen LogP contribution is -2.52. The molecule has 4 aromatic carbocycles. The molecule has 47 heavy (non-hydrogen) atoms. The highest BCUT2D eigenvalue weighted by molar-refractivity contribution is 8.02. The lowest BCUT2D eigenvalue weighted by atomic mass is 9.86. The standard InChI is InChI=1S/C41H44N4OS/c1-39(2,3)47-40(4,5)41(46-8,37-42-33(29-21-13-9-14-22-29)35(44(37)6)31-25-17-11-18-26-31)38-43-34(30-23-15-10-16-24-30)36(45(38)7)32-27-19-12-20-28-32/h9-28H,1-8H3.